The quantitative estimate of drug-likeness (QED) is 0.493. The second-order valence-corrected chi connectivity index (χ2v) is 7.51. The van der Waals surface area contributed by atoms with E-state index in [1.165, 1.54) is 4.68 Å². The van der Waals surface area contributed by atoms with E-state index in [1.54, 1.807) is 36.9 Å². The SMILES string of the molecule is CS(=O)(=O)N(CC[n+]1ccc(-c2ncccn2)cn1)CC(=O)O.O=C([O-])C(F)(F)F. The van der Waals surface area contributed by atoms with Crippen LogP contribution < -0.4 is 9.79 Å². The molecular weight excluding hydrogens is 435 g/mol. The van der Waals surface area contributed by atoms with Crippen LogP contribution in [-0.4, -0.2) is 70.4 Å². The van der Waals surface area contributed by atoms with Crippen LogP contribution in [0.1, 0.15) is 0 Å². The summed E-state index contributed by atoms with van der Waals surface area (Å²) >= 11 is 0. The molecule has 0 aliphatic rings. The monoisotopic (exact) mass is 451 g/mol. The second kappa shape index (κ2) is 10.5. The van der Waals surface area contributed by atoms with Crippen LogP contribution in [0.15, 0.2) is 36.9 Å². The molecule has 0 radical (unpaired) electrons. The molecule has 30 heavy (non-hydrogen) atoms. The van der Waals surface area contributed by atoms with Gasteiger partial charge in [0.2, 0.25) is 10.0 Å². The van der Waals surface area contributed by atoms with Crippen LogP contribution >= 0.6 is 0 Å². The molecule has 1 N–H and O–H groups in total. The van der Waals surface area contributed by atoms with Crippen molar-refractivity contribution >= 4 is 22.0 Å². The lowest BCUT2D eigenvalue weighted by Crippen LogP contribution is -2.45. The molecule has 0 bridgehead atoms. The van der Waals surface area contributed by atoms with Gasteiger partial charge in [-0.05, 0) is 11.2 Å². The summed E-state index contributed by atoms with van der Waals surface area (Å²) in [5.41, 5.74) is 0.729. The highest BCUT2D eigenvalue weighted by Gasteiger charge is 2.28. The van der Waals surface area contributed by atoms with Crippen LogP contribution in [-0.2, 0) is 26.2 Å². The van der Waals surface area contributed by atoms with E-state index in [0.29, 0.717) is 5.82 Å². The molecule has 11 nitrogen and oxygen atoms in total. The van der Waals surface area contributed by atoms with Crippen molar-refractivity contribution in [1.82, 2.24) is 19.4 Å². The van der Waals surface area contributed by atoms with Crippen molar-refractivity contribution < 1.29 is 46.1 Å². The van der Waals surface area contributed by atoms with Crippen LogP contribution in [0.3, 0.4) is 0 Å². The van der Waals surface area contributed by atoms with Crippen molar-refractivity contribution in [2.24, 2.45) is 0 Å². The number of sulfonamides is 1. The summed E-state index contributed by atoms with van der Waals surface area (Å²) < 4.78 is 57.0. The third-order valence-electron chi connectivity index (χ3n) is 3.19. The Morgan fingerprint density at radius 3 is 2.23 bits per heavy atom. The number of halogens is 3. The molecule has 2 aromatic heterocycles. The van der Waals surface area contributed by atoms with Crippen molar-refractivity contribution in [3.05, 3.63) is 36.9 Å². The van der Waals surface area contributed by atoms with E-state index >= 15 is 0 Å². The predicted octanol–water partition coefficient (Wildman–Crippen LogP) is -1.53. The molecule has 2 rings (SSSR count). The van der Waals surface area contributed by atoms with Crippen LogP contribution in [0, 0.1) is 0 Å². The number of aliphatic carboxylic acids is 2. The molecule has 0 aliphatic heterocycles. The fraction of sp³-hybridized carbons (Fsp3) is 0.333. The lowest BCUT2D eigenvalue weighted by molar-refractivity contribution is -0.752. The molecule has 0 saturated carbocycles. The Kier molecular flexibility index (Phi) is 8.73. The van der Waals surface area contributed by atoms with Gasteiger partial charge < -0.3 is 15.0 Å². The first-order valence-electron chi connectivity index (χ1n) is 7.89. The topological polar surface area (TPSA) is 157 Å². The summed E-state index contributed by atoms with van der Waals surface area (Å²) in [5, 5.41) is 21.7. The number of nitrogens with zero attached hydrogens (tertiary/aromatic N) is 5. The van der Waals surface area contributed by atoms with Crippen molar-refractivity contribution in [3.63, 3.8) is 0 Å². The lowest BCUT2D eigenvalue weighted by Gasteiger charge is -2.15. The standard InChI is InChI=1S/C13H15N5O4S.C2HF3O2/c1-23(21,22)18(10-12(19)20)8-7-17-6-3-11(9-16-17)13-14-4-2-5-15-13;3-2(4,5)1(6)7/h2-6,9H,7-8,10H2,1H3;(H,6,7). The van der Waals surface area contributed by atoms with Crippen molar-refractivity contribution in [1.29, 1.82) is 0 Å². The maximum atomic E-state index is 11.5. The van der Waals surface area contributed by atoms with Crippen LogP contribution in [0.4, 0.5) is 13.2 Å². The highest BCUT2D eigenvalue weighted by Crippen LogP contribution is 2.11. The summed E-state index contributed by atoms with van der Waals surface area (Å²) in [7, 11) is -3.59. The van der Waals surface area contributed by atoms with Gasteiger partial charge in [-0.1, -0.05) is 4.68 Å². The maximum Gasteiger partial charge on any atom is 0.430 e. The number of hydrogen-bond donors (Lipinski definition) is 1. The summed E-state index contributed by atoms with van der Waals surface area (Å²) in [6.07, 6.45) is 2.26. The zero-order valence-corrected chi connectivity index (χ0v) is 16.2. The van der Waals surface area contributed by atoms with E-state index in [0.717, 1.165) is 16.1 Å². The first-order valence-corrected chi connectivity index (χ1v) is 9.73. The highest BCUT2D eigenvalue weighted by atomic mass is 32.2. The van der Waals surface area contributed by atoms with E-state index in [2.05, 4.69) is 15.1 Å². The number of hydrogen-bond acceptors (Lipinski definition) is 8. The minimum atomic E-state index is -5.19. The molecule has 0 atom stereocenters. The molecule has 2 heterocycles. The van der Waals surface area contributed by atoms with Crippen molar-refractivity contribution in [2.45, 2.75) is 12.7 Å². The van der Waals surface area contributed by atoms with Crippen molar-refractivity contribution in [2.75, 3.05) is 19.3 Å². The first kappa shape index (κ1) is 24.8. The number of carbonyl (C=O) groups excluding carboxylic acids is 1. The van der Waals surface area contributed by atoms with E-state index in [1.807, 2.05) is 0 Å². The molecule has 0 unspecified atom stereocenters. The van der Waals surface area contributed by atoms with Gasteiger partial charge in [-0.3, -0.25) is 4.79 Å². The average Bonchev–Trinajstić information content (AvgIpc) is 2.65. The smallest absolute Gasteiger partial charge is 0.430 e. The van der Waals surface area contributed by atoms with E-state index < -0.39 is 34.7 Å². The fourth-order valence-electron chi connectivity index (χ4n) is 1.82. The van der Waals surface area contributed by atoms with Gasteiger partial charge in [0, 0.05) is 24.0 Å². The van der Waals surface area contributed by atoms with Gasteiger partial charge in [-0.15, -0.1) is 0 Å². The number of carboxylic acids is 2. The Bertz CT molecular complexity index is 955. The lowest BCUT2D eigenvalue weighted by atomic mass is 10.3. The Morgan fingerprint density at radius 1 is 1.27 bits per heavy atom. The minimum absolute atomic E-state index is 0.0178. The number of carboxylic acid groups (broad SMARTS) is 2. The number of aromatic nitrogens is 4. The average molecular weight is 451 g/mol. The van der Waals surface area contributed by atoms with Gasteiger partial charge in [0.25, 0.3) is 0 Å². The normalized spacial score (nSPS) is 11.5. The molecule has 0 fully saturated rings. The molecule has 0 spiro atoms. The Hall–Kier alpha value is -3.20. The van der Waals surface area contributed by atoms with Gasteiger partial charge in [-0.25, -0.2) is 18.4 Å². The van der Waals surface area contributed by atoms with Gasteiger partial charge >= 0.3 is 12.1 Å². The van der Waals surface area contributed by atoms with Gasteiger partial charge in [0.15, 0.2) is 18.6 Å². The van der Waals surface area contributed by atoms with E-state index in [9.17, 15) is 26.4 Å². The Labute approximate surface area is 168 Å². The largest absolute Gasteiger partial charge is 0.542 e. The second-order valence-electron chi connectivity index (χ2n) is 5.53. The van der Waals surface area contributed by atoms with E-state index in [4.69, 9.17) is 15.0 Å². The third kappa shape index (κ3) is 8.87. The molecule has 0 aromatic carbocycles. The van der Waals surface area contributed by atoms with Gasteiger partial charge in [0.05, 0.1) is 12.8 Å². The van der Waals surface area contributed by atoms with Crippen LogP contribution in [0.2, 0.25) is 0 Å². The van der Waals surface area contributed by atoms with Crippen LogP contribution in [0.25, 0.3) is 11.4 Å². The maximum absolute atomic E-state index is 11.5. The van der Waals surface area contributed by atoms with Crippen LogP contribution in [0.5, 0.6) is 0 Å². The molecular formula is C15H16F3N5O6S. The summed E-state index contributed by atoms with van der Waals surface area (Å²) in [4.78, 5) is 27.7. The summed E-state index contributed by atoms with van der Waals surface area (Å²) in [6, 6.07) is 3.46. The van der Waals surface area contributed by atoms with Gasteiger partial charge in [-0.2, -0.15) is 17.5 Å². The highest BCUT2D eigenvalue weighted by molar-refractivity contribution is 7.88. The number of alkyl halides is 3. The predicted molar refractivity (Wildman–Crippen MR) is 90.6 cm³/mol. The first-order chi connectivity index (χ1) is 13.8. The molecule has 0 aliphatic carbocycles. The summed E-state index contributed by atoms with van der Waals surface area (Å²) in [6.45, 7) is -0.324. The third-order valence-corrected chi connectivity index (χ3v) is 4.44. The summed E-state index contributed by atoms with van der Waals surface area (Å²) in [5.74, 6) is -3.67. The fourth-order valence-corrected chi connectivity index (χ4v) is 2.58. The van der Waals surface area contributed by atoms with E-state index in [-0.39, 0.29) is 13.1 Å². The Morgan fingerprint density at radius 2 is 1.83 bits per heavy atom. The molecule has 164 valence electrons. The number of rotatable bonds is 7. The zero-order chi connectivity index (χ0) is 22.9. The number of carbonyl (C=O) groups is 2. The zero-order valence-electron chi connectivity index (χ0n) is 15.4. The molecule has 15 heteroatoms. The molecule has 0 amide bonds. The Balaban J connectivity index is 0.000000553. The molecule has 0 saturated heterocycles. The minimum Gasteiger partial charge on any atom is -0.542 e. The van der Waals surface area contributed by atoms with Crippen molar-refractivity contribution in [3.8, 4) is 11.4 Å². The molecule has 2 aromatic rings. The van der Waals surface area contributed by atoms with Gasteiger partial charge in [0.1, 0.15) is 18.7 Å².